The van der Waals surface area contributed by atoms with Crippen molar-refractivity contribution in [3.05, 3.63) is 16.9 Å². The molecule has 0 saturated heterocycles. The standard InChI is InChI=1S/C12H22ClN3O2/c1-3-18-7-4-5-11(14)12-10(13)9-15-16(12)6-8-17-2/h9,11H,3-8,14H2,1-2H3. The third-order valence-electron chi connectivity index (χ3n) is 2.70. The topological polar surface area (TPSA) is 62.3 Å². The number of methoxy groups -OCH3 is 1. The minimum atomic E-state index is -0.114. The van der Waals surface area contributed by atoms with Gasteiger partial charge in [0.2, 0.25) is 0 Å². The molecular formula is C12H22ClN3O2. The second-order valence-corrected chi connectivity index (χ2v) is 4.45. The smallest absolute Gasteiger partial charge is 0.0834 e. The Hall–Kier alpha value is -0.620. The molecule has 1 atom stereocenters. The van der Waals surface area contributed by atoms with Crippen LogP contribution in [0.2, 0.25) is 5.02 Å². The number of nitrogens with two attached hydrogens (primary N) is 1. The highest BCUT2D eigenvalue weighted by molar-refractivity contribution is 6.31. The maximum absolute atomic E-state index is 6.15. The lowest BCUT2D eigenvalue weighted by molar-refractivity contribution is 0.141. The summed E-state index contributed by atoms with van der Waals surface area (Å²) >= 11 is 6.12. The van der Waals surface area contributed by atoms with E-state index in [0.29, 0.717) is 18.2 Å². The molecule has 0 saturated carbocycles. The number of hydrogen-bond acceptors (Lipinski definition) is 4. The van der Waals surface area contributed by atoms with Crippen molar-refractivity contribution in [3.63, 3.8) is 0 Å². The Labute approximate surface area is 113 Å². The second-order valence-electron chi connectivity index (χ2n) is 4.04. The first kappa shape index (κ1) is 15.4. The lowest BCUT2D eigenvalue weighted by atomic mass is 10.1. The number of nitrogens with zero attached hydrogens (tertiary/aromatic N) is 2. The van der Waals surface area contributed by atoms with E-state index in [1.807, 2.05) is 11.6 Å². The summed E-state index contributed by atoms with van der Waals surface area (Å²) in [6.07, 6.45) is 3.38. The summed E-state index contributed by atoms with van der Waals surface area (Å²) in [5.74, 6) is 0. The molecule has 5 nitrogen and oxygen atoms in total. The van der Waals surface area contributed by atoms with Gasteiger partial charge in [-0.3, -0.25) is 4.68 Å². The van der Waals surface area contributed by atoms with E-state index in [4.69, 9.17) is 26.8 Å². The van der Waals surface area contributed by atoms with E-state index in [2.05, 4.69) is 5.10 Å². The zero-order chi connectivity index (χ0) is 13.4. The van der Waals surface area contributed by atoms with Gasteiger partial charge in [0.05, 0.1) is 30.1 Å². The first-order valence-corrected chi connectivity index (χ1v) is 6.62. The van der Waals surface area contributed by atoms with Crippen LogP contribution in [0, 0.1) is 0 Å². The molecular weight excluding hydrogens is 254 g/mol. The van der Waals surface area contributed by atoms with Gasteiger partial charge in [0, 0.05) is 26.4 Å². The van der Waals surface area contributed by atoms with E-state index in [-0.39, 0.29) is 6.04 Å². The van der Waals surface area contributed by atoms with Crippen LogP contribution in [0.3, 0.4) is 0 Å². The molecule has 1 aromatic heterocycles. The van der Waals surface area contributed by atoms with Crippen LogP contribution < -0.4 is 5.73 Å². The SMILES string of the molecule is CCOCCCC(N)c1c(Cl)cnn1CCOC. The first-order valence-electron chi connectivity index (χ1n) is 6.24. The molecule has 1 aromatic rings. The maximum Gasteiger partial charge on any atom is 0.0834 e. The Morgan fingerprint density at radius 1 is 1.50 bits per heavy atom. The van der Waals surface area contributed by atoms with Crippen LogP contribution in [0.15, 0.2) is 6.20 Å². The van der Waals surface area contributed by atoms with Crippen molar-refractivity contribution < 1.29 is 9.47 Å². The summed E-state index contributed by atoms with van der Waals surface area (Å²) in [4.78, 5) is 0. The summed E-state index contributed by atoms with van der Waals surface area (Å²) in [5, 5.41) is 4.83. The Morgan fingerprint density at radius 3 is 2.94 bits per heavy atom. The van der Waals surface area contributed by atoms with Gasteiger partial charge in [-0.25, -0.2) is 0 Å². The van der Waals surface area contributed by atoms with Crippen LogP contribution in [-0.4, -0.2) is 36.7 Å². The molecule has 0 aliphatic heterocycles. The van der Waals surface area contributed by atoms with E-state index in [0.717, 1.165) is 31.7 Å². The Balaban J connectivity index is 2.54. The fourth-order valence-electron chi connectivity index (χ4n) is 1.78. The summed E-state index contributed by atoms with van der Waals surface area (Å²) in [7, 11) is 1.66. The first-order chi connectivity index (χ1) is 8.70. The van der Waals surface area contributed by atoms with Crippen molar-refractivity contribution in [2.45, 2.75) is 32.4 Å². The molecule has 104 valence electrons. The predicted molar refractivity (Wildman–Crippen MR) is 71.8 cm³/mol. The molecule has 1 unspecified atom stereocenters. The monoisotopic (exact) mass is 275 g/mol. The summed E-state index contributed by atoms with van der Waals surface area (Å²) in [5.41, 5.74) is 7.03. The van der Waals surface area contributed by atoms with Gasteiger partial charge in [0.1, 0.15) is 0 Å². The quantitative estimate of drug-likeness (QED) is 0.700. The van der Waals surface area contributed by atoms with Crippen LogP contribution in [0.5, 0.6) is 0 Å². The summed E-state index contributed by atoms with van der Waals surface area (Å²) in [6, 6.07) is -0.114. The van der Waals surface area contributed by atoms with E-state index < -0.39 is 0 Å². The minimum Gasteiger partial charge on any atom is -0.383 e. The highest BCUT2D eigenvalue weighted by Crippen LogP contribution is 2.24. The Kier molecular flexibility index (Phi) is 7.27. The van der Waals surface area contributed by atoms with Gasteiger partial charge in [0.25, 0.3) is 0 Å². The number of aromatic nitrogens is 2. The number of hydrogen-bond donors (Lipinski definition) is 1. The Bertz CT molecular complexity index is 344. The van der Waals surface area contributed by atoms with Crippen molar-refractivity contribution in [2.24, 2.45) is 5.73 Å². The third-order valence-corrected chi connectivity index (χ3v) is 2.99. The largest absolute Gasteiger partial charge is 0.383 e. The van der Waals surface area contributed by atoms with Gasteiger partial charge in [0.15, 0.2) is 0 Å². The number of rotatable bonds is 9. The van der Waals surface area contributed by atoms with E-state index in [1.165, 1.54) is 0 Å². The molecule has 0 radical (unpaired) electrons. The van der Waals surface area contributed by atoms with Crippen molar-refractivity contribution in [2.75, 3.05) is 26.9 Å². The zero-order valence-electron chi connectivity index (χ0n) is 11.1. The molecule has 1 heterocycles. The minimum absolute atomic E-state index is 0.114. The lowest BCUT2D eigenvalue weighted by Gasteiger charge is -2.14. The van der Waals surface area contributed by atoms with Crippen LogP contribution in [0.4, 0.5) is 0 Å². The van der Waals surface area contributed by atoms with Gasteiger partial charge in [-0.1, -0.05) is 11.6 Å². The van der Waals surface area contributed by atoms with Gasteiger partial charge in [-0.15, -0.1) is 0 Å². The van der Waals surface area contributed by atoms with Gasteiger partial charge in [-0.2, -0.15) is 5.10 Å². The fourth-order valence-corrected chi connectivity index (χ4v) is 2.06. The molecule has 18 heavy (non-hydrogen) atoms. The average Bonchev–Trinajstić information content (AvgIpc) is 2.73. The average molecular weight is 276 g/mol. The van der Waals surface area contributed by atoms with Crippen molar-refractivity contribution in [3.8, 4) is 0 Å². The van der Waals surface area contributed by atoms with Gasteiger partial charge in [-0.05, 0) is 19.8 Å². The molecule has 0 aliphatic rings. The molecule has 0 bridgehead atoms. The molecule has 2 N–H and O–H groups in total. The molecule has 0 aromatic carbocycles. The molecule has 1 rings (SSSR count). The molecule has 0 aliphatic carbocycles. The van der Waals surface area contributed by atoms with E-state index in [1.54, 1.807) is 13.3 Å². The highest BCUT2D eigenvalue weighted by Gasteiger charge is 2.16. The normalized spacial score (nSPS) is 12.9. The van der Waals surface area contributed by atoms with Crippen LogP contribution in [0.25, 0.3) is 0 Å². The third kappa shape index (κ3) is 4.57. The van der Waals surface area contributed by atoms with Gasteiger partial charge < -0.3 is 15.2 Å². The summed E-state index contributed by atoms with van der Waals surface area (Å²) < 4.78 is 12.2. The lowest BCUT2D eigenvalue weighted by Crippen LogP contribution is -2.19. The van der Waals surface area contributed by atoms with Crippen molar-refractivity contribution >= 4 is 11.6 Å². The van der Waals surface area contributed by atoms with Gasteiger partial charge >= 0.3 is 0 Å². The predicted octanol–water partition coefficient (Wildman–Crippen LogP) is 2.00. The van der Waals surface area contributed by atoms with E-state index >= 15 is 0 Å². The molecule has 0 spiro atoms. The van der Waals surface area contributed by atoms with Crippen molar-refractivity contribution in [1.82, 2.24) is 9.78 Å². The van der Waals surface area contributed by atoms with E-state index in [9.17, 15) is 0 Å². The summed E-state index contributed by atoms with van der Waals surface area (Å²) in [6.45, 7) is 4.71. The van der Waals surface area contributed by atoms with Crippen LogP contribution >= 0.6 is 11.6 Å². The number of ether oxygens (including phenoxy) is 2. The number of halogens is 1. The fraction of sp³-hybridized carbons (Fsp3) is 0.750. The zero-order valence-corrected chi connectivity index (χ0v) is 11.8. The van der Waals surface area contributed by atoms with Crippen LogP contribution in [0.1, 0.15) is 31.5 Å². The Morgan fingerprint density at radius 2 is 2.28 bits per heavy atom. The van der Waals surface area contributed by atoms with Crippen molar-refractivity contribution in [1.29, 1.82) is 0 Å². The molecule has 0 fully saturated rings. The van der Waals surface area contributed by atoms with Crippen LogP contribution in [-0.2, 0) is 16.0 Å². The maximum atomic E-state index is 6.15. The second kappa shape index (κ2) is 8.48. The molecule has 0 amide bonds. The molecule has 6 heteroatoms. The highest BCUT2D eigenvalue weighted by atomic mass is 35.5.